The molecule has 0 saturated carbocycles. The SMILES string of the molecule is C=CC(C)(OCCC)C(C[SiH3])(OCCC)OCCC. The summed E-state index contributed by atoms with van der Waals surface area (Å²) in [6, 6.07) is 0.874. The molecule has 1 atom stereocenters. The van der Waals surface area contributed by atoms with Crippen LogP contribution in [0.25, 0.3) is 0 Å². The predicted molar refractivity (Wildman–Crippen MR) is 84.8 cm³/mol. The molecule has 0 aromatic carbocycles. The minimum absolute atomic E-state index is 0.588. The van der Waals surface area contributed by atoms with Crippen molar-refractivity contribution in [2.24, 2.45) is 0 Å². The van der Waals surface area contributed by atoms with Crippen LogP contribution in [0, 0.1) is 0 Å². The lowest BCUT2D eigenvalue weighted by molar-refractivity contribution is -0.303. The van der Waals surface area contributed by atoms with E-state index in [1.165, 1.54) is 0 Å². The van der Waals surface area contributed by atoms with Crippen molar-refractivity contribution < 1.29 is 14.2 Å². The fourth-order valence-corrected chi connectivity index (χ4v) is 3.17. The highest BCUT2D eigenvalue weighted by Gasteiger charge is 2.48. The maximum absolute atomic E-state index is 6.10. The Morgan fingerprint density at radius 3 is 1.68 bits per heavy atom. The third-order valence-electron chi connectivity index (χ3n) is 3.30. The van der Waals surface area contributed by atoms with Gasteiger partial charge in [0.05, 0.1) is 0 Å². The van der Waals surface area contributed by atoms with E-state index in [1.54, 1.807) is 0 Å². The molecule has 0 bridgehead atoms. The van der Waals surface area contributed by atoms with Crippen molar-refractivity contribution >= 4 is 10.2 Å². The molecule has 3 nitrogen and oxygen atoms in total. The Labute approximate surface area is 122 Å². The minimum Gasteiger partial charge on any atom is -0.366 e. The summed E-state index contributed by atoms with van der Waals surface area (Å²) in [6.45, 7) is 14.4. The van der Waals surface area contributed by atoms with Crippen molar-refractivity contribution in [1.82, 2.24) is 0 Å². The highest BCUT2D eigenvalue weighted by molar-refractivity contribution is 6.09. The quantitative estimate of drug-likeness (QED) is 0.314. The van der Waals surface area contributed by atoms with Gasteiger partial charge in [0.1, 0.15) is 5.60 Å². The van der Waals surface area contributed by atoms with Gasteiger partial charge in [-0.2, -0.15) is 0 Å². The fraction of sp³-hybridized carbons (Fsp3) is 0.867. The van der Waals surface area contributed by atoms with Crippen LogP contribution < -0.4 is 0 Å². The smallest absolute Gasteiger partial charge is 0.197 e. The Balaban J connectivity index is 5.15. The molecule has 0 aliphatic rings. The van der Waals surface area contributed by atoms with Gasteiger partial charge < -0.3 is 14.2 Å². The Bertz CT molecular complexity index is 238. The fourth-order valence-electron chi connectivity index (χ4n) is 2.06. The van der Waals surface area contributed by atoms with E-state index in [2.05, 4.69) is 27.4 Å². The monoisotopic (exact) mass is 288 g/mol. The molecule has 0 fully saturated rings. The number of ether oxygens (including phenoxy) is 3. The highest BCUT2D eigenvalue weighted by atomic mass is 28.1. The molecule has 0 N–H and O–H groups in total. The normalized spacial score (nSPS) is 15.4. The molecule has 114 valence electrons. The first-order valence-electron chi connectivity index (χ1n) is 7.61. The molecule has 0 heterocycles. The van der Waals surface area contributed by atoms with Gasteiger partial charge in [-0.25, -0.2) is 0 Å². The van der Waals surface area contributed by atoms with Crippen LogP contribution in [-0.4, -0.2) is 41.5 Å². The molecule has 0 radical (unpaired) electrons. The standard InChI is InChI=1S/C15H32O3Si/c1-6-10-16-14(5,9-4)15(13-19,17-11-7-2)18-12-8-3/h9H,4,6-8,10-13H2,1-3,5,19H3. The zero-order valence-electron chi connectivity index (χ0n) is 13.5. The van der Waals surface area contributed by atoms with Gasteiger partial charge in [0.25, 0.3) is 0 Å². The molecule has 0 aromatic rings. The second-order valence-electron chi connectivity index (χ2n) is 4.96. The van der Waals surface area contributed by atoms with E-state index in [0.29, 0.717) is 19.8 Å². The first-order chi connectivity index (χ1) is 9.05. The number of hydrogen-bond donors (Lipinski definition) is 0. The van der Waals surface area contributed by atoms with Crippen LogP contribution in [-0.2, 0) is 14.2 Å². The van der Waals surface area contributed by atoms with Crippen LogP contribution in [0.5, 0.6) is 0 Å². The zero-order valence-corrected chi connectivity index (χ0v) is 15.5. The zero-order chi connectivity index (χ0) is 14.8. The van der Waals surface area contributed by atoms with Gasteiger partial charge in [-0.1, -0.05) is 26.8 Å². The molecule has 0 aliphatic heterocycles. The first-order valence-corrected chi connectivity index (χ1v) is 9.02. The molecule has 1 unspecified atom stereocenters. The average molecular weight is 289 g/mol. The van der Waals surface area contributed by atoms with Crippen molar-refractivity contribution in [3.63, 3.8) is 0 Å². The van der Waals surface area contributed by atoms with Gasteiger partial charge in [-0.05, 0) is 32.2 Å². The first kappa shape index (κ1) is 18.8. The van der Waals surface area contributed by atoms with Crippen LogP contribution in [0.15, 0.2) is 12.7 Å². The molecule has 0 aromatic heterocycles. The Morgan fingerprint density at radius 2 is 1.37 bits per heavy atom. The van der Waals surface area contributed by atoms with Gasteiger partial charge in [0, 0.05) is 30.1 Å². The predicted octanol–water partition coefficient (Wildman–Crippen LogP) is 2.69. The van der Waals surface area contributed by atoms with Crippen LogP contribution >= 0.6 is 0 Å². The van der Waals surface area contributed by atoms with E-state index in [1.807, 2.05) is 13.0 Å². The molecule has 0 amide bonds. The minimum atomic E-state index is -0.678. The summed E-state index contributed by atoms with van der Waals surface area (Å²) in [6.07, 6.45) is 4.76. The summed E-state index contributed by atoms with van der Waals surface area (Å²) < 4.78 is 18.2. The topological polar surface area (TPSA) is 27.7 Å². The van der Waals surface area contributed by atoms with Gasteiger partial charge in [0.2, 0.25) is 0 Å². The van der Waals surface area contributed by atoms with E-state index < -0.39 is 11.4 Å². The van der Waals surface area contributed by atoms with Gasteiger partial charge in [-0.3, -0.25) is 0 Å². The van der Waals surface area contributed by atoms with E-state index in [0.717, 1.165) is 35.5 Å². The highest BCUT2D eigenvalue weighted by Crippen LogP contribution is 2.36. The molecular formula is C15H32O3Si. The number of rotatable bonds is 12. The summed E-state index contributed by atoms with van der Waals surface area (Å²) in [5.74, 6) is -0.678. The maximum Gasteiger partial charge on any atom is 0.197 e. The summed E-state index contributed by atoms with van der Waals surface area (Å²) >= 11 is 0. The summed E-state index contributed by atoms with van der Waals surface area (Å²) in [5, 5.41) is 0. The van der Waals surface area contributed by atoms with Crippen molar-refractivity contribution in [3.8, 4) is 0 Å². The van der Waals surface area contributed by atoms with Gasteiger partial charge in [0.15, 0.2) is 5.79 Å². The molecule has 19 heavy (non-hydrogen) atoms. The number of hydrogen-bond acceptors (Lipinski definition) is 3. The summed E-state index contributed by atoms with van der Waals surface area (Å²) in [4.78, 5) is 0. The van der Waals surface area contributed by atoms with E-state index in [4.69, 9.17) is 14.2 Å². The van der Waals surface area contributed by atoms with Crippen LogP contribution in [0.2, 0.25) is 6.04 Å². The maximum atomic E-state index is 6.10. The van der Waals surface area contributed by atoms with Crippen molar-refractivity contribution in [1.29, 1.82) is 0 Å². The van der Waals surface area contributed by atoms with Crippen LogP contribution in [0.4, 0.5) is 0 Å². The average Bonchev–Trinajstić information content (AvgIpc) is 2.45. The molecule has 0 spiro atoms. The lowest BCUT2D eigenvalue weighted by Crippen LogP contribution is -2.56. The Kier molecular flexibility index (Phi) is 9.61. The third-order valence-corrected chi connectivity index (χ3v) is 4.23. The molecule has 0 rings (SSSR count). The second kappa shape index (κ2) is 9.70. The van der Waals surface area contributed by atoms with Crippen LogP contribution in [0.1, 0.15) is 47.0 Å². The molecule has 0 saturated heterocycles. The molecular weight excluding hydrogens is 256 g/mol. The lowest BCUT2D eigenvalue weighted by Gasteiger charge is -2.45. The largest absolute Gasteiger partial charge is 0.366 e. The second-order valence-corrected chi connectivity index (χ2v) is 5.67. The van der Waals surface area contributed by atoms with Gasteiger partial charge in [-0.15, -0.1) is 6.58 Å². The lowest BCUT2D eigenvalue weighted by atomic mass is 9.95. The summed E-state index contributed by atoms with van der Waals surface area (Å²) in [5.41, 5.74) is -0.588. The van der Waals surface area contributed by atoms with Gasteiger partial charge >= 0.3 is 0 Å². The van der Waals surface area contributed by atoms with E-state index in [-0.39, 0.29) is 0 Å². The van der Waals surface area contributed by atoms with Crippen molar-refractivity contribution in [2.45, 2.75) is 64.4 Å². The van der Waals surface area contributed by atoms with E-state index in [9.17, 15) is 0 Å². The van der Waals surface area contributed by atoms with Crippen molar-refractivity contribution in [3.05, 3.63) is 12.7 Å². The third kappa shape index (κ3) is 5.03. The van der Waals surface area contributed by atoms with Crippen molar-refractivity contribution in [2.75, 3.05) is 19.8 Å². The Hall–Kier alpha value is -0.163. The Morgan fingerprint density at radius 1 is 0.947 bits per heavy atom. The molecule has 0 aliphatic carbocycles. The van der Waals surface area contributed by atoms with Crippen LogP contribution in [0.3, 0.4) is 0 Å². The molecule has 4 heteroatoms. The van der Waals surface area contributed by atoms with E-state index >= 15 is 0 Å². The summed E-state index contributed by atoms with van der Waals surface area (Å²) in [7, 11) is 0.996.